The average Bonchev–Trinajstić information content (AvgIpc) is 3.45. The molecule has 1 amide bonds. The Bertz CT molecular complexity index is 1130. The first-order chi connectivity index (χ1) is 18.2. The molecule has 3 heterocycles. The highest BCUT2D eigenvalue weighted by atomic mass is 35.5. The molecule has 0 bridgehead atoms. The van der Waals surface area contributed by atoms with Crippen molar-refractivity contribution in [2.24, 2.45) is 0 Å². The number of halogens is 1. The number of thioether (sulfide) groups is 1. The van der Waals surface area contributed by atoms with E-state index in [1.807, 2.05) is 24.4 Å². The first-order valence-corrected chi connectivity index (χ1v) is 14.4. The third-order valence-corrected chi connectivity index (χ3v) is 8.63. The molecule has 3 atom stereocenters. The summed E-state index contributed by atoms with van der Waals surface area (Å²) in [5.41, 5.74) is 3.70. The summed E-state index contributed by atoms with van der Waals surface area (Å²) in [7, 11) is 0. The molecule has 2 saturated heterocycles. The Labute approximate surface area is 228 Å². The topological polar surface area (TPSA) is 60.5 Å². The number of hydrogen-bond donors (Lipinski definition) is 2. The molecule has 3 aromatic rings. The lowest BCUT2D eigenvalue weighted by molar-refractivity contribution is -0.122. The van der Waals surface area contributed by atoms with Gasteiger partial charge in [0, 0.05) is 55.9 Å². The van der Waals surface area contributed by atoms with Gasteiger partial charge in [-0.3, -0.25) is 20.0 Å². The minimum atomic E-state index is -0.151. The quantitative estimate of drug-likeness (QED) is 0.397. The molecule has 0 saturated carbocycles. The number of rotatable bonds is 9. The zero-order valence-corrected chi connectivity index (χ0v) is 22.5. The molecule has 6 nitrogen and oxygen atoms in total. The number of aromatic nitrogens is 1. The van der Waals surface area contributed by atoms with Gasteiger partial charge in [0.1, 0.15) is 0 Å². The normalized spacial score (nSPS) is 21.5. The van der Waals surface area contributed by atoms with Crippen LogP contribution < -0.4 is 10.6 Å². The second-order valence-corrected chi connectivity index (χ2v) is 11.2. The molecule has 2 aliphatic rings. The Balaban J connectivity index is 1.06. The summed E-state index contributed by atoms with van der Waals surface area (Å²) in [5, 5.41) is 7.46. The fraction of sp³-hybridized carbons (Fsp3) is 0.379. The average molecular weight is 536 g/mol. The molecule has 0 aliphatic carbocycles. The van der Waals surface area contributed by atoms with Crippen LogP contribution in [0, 0.1) is 0 Å². The SMILES string of the molecule is O=C(NCCCN1CCN(C(c2ccccc2)c2ccc(Cl)cc2)CC1)[C@@H]1CSC(c2cccnc2)N1. The number of nitrogens with one attached hydrogen (secondary N) is 2. The molecule has 37 heavy (non-hydrogen) atoms. The maximum atomic E-state index is 12.7. The van der Waals surface area contributed by atoms with E-state index in [-0.39, 0.29) is 23.4 Å². The zero-order valence-electron chi connectivity index (χ0n) is 20.9. The Morgan fingerprint density at radius 2 is 1.78 bits per heavy atom. The number of carbonyl (C=O) groups excluding carboxylic acids is 1. The van der Waals surface area contributed by atoms with Gasteiger partial charge in [-0.25, -0.2) is 0 Å². The van der Waals surface area contributed by atoms with E-state index in [1.54, 1.807) is 18.0 Å². The van der Waals surface area contributed by atoms with Crippen molar-refractivity contribution in [2.45, 2.75) is 23.9 Å². The van der Waals surface area contributed by atoms with E-state index in [9.17, 15) is 4.79 Å². The van der Waals surface area contributed by atoms with Crippen molar-refractivity contribution >= 4 is 29.3 Å². The van der Waals surface area contributed by atoms with Crippen LogP contribution in [0.5, 0.6) is 0 Å². The van der Waals surface area contributed by atoms with Crippen LogP contribution in [0.25, 0.3) is 0 Å². The van der Waals surface area contributed by atoms with Crippen LogP contribution >= 0.6 is 23.4 Å². The first kappa shape index (κ1) is 26.2. The van der Waals surface area contributed by atoms with Gasteiger partial charge >= 0.3 is 0 Å². The summed E-state index contributed by atoms with van der Waals surface area (Å²) in [5.74, 6) is 0.876. The Morgan fingerprint density at radius 3 is 2.51 bits per heavy atom. The summed E-state index contributed by atoms with van der Waals surface area (Å²) < 4.78 is 0. The van der Waals surface area contributed by atoms with Gasteiger partial charge in [-0.2, -0.15) is 0 Å². The van der Waals surface area contributed by atoms with Crippen LogP contribution in [-0.2, 0) is 4.79 Å². The molecule has 8 heteroatoms. The number of pyridine rings is 1. The first-order valence-electron chi connectivity index (χ1n) is 13.0. The molecular formula is C29H34ClN5OS. The van der Waals surface area contributed by atoms with Crippen LogP contribution in [0.15, 0.2) is 79.1 Å². The van der Waals surface area contributed by atoms with E-state index in [0.29, 0.717) is 6.54 Å². The third-order valence-electron chi connectivity index (χ3n) is 7.11. The van der Waals surface area contributed by atoms with Crippen molar-refractivity contribution in [1.82, 2.24) is 25.4 Å². The fourth-order valence-corrected chi connectivity index (χ4v) is 6.47. The van der Waals surface area contributed by atoms with Gasteiger partial charge in [-0.05, 0) is 47.9 Å². The predicted molar refractivity (Wildman–Crippen MR) is 152 cm³/mol. The minimum absolute atomic E-state index is 0.0948. The van der Waals surface area contributed by atoms with Crippen molar-refractivity contribution in [3.05, 3.63) is 101 Å². The Morgan fingerprint density at radius 1 is 1.03 bits per heavy atom. The molecule has 0 radical (unpaired) electrons. The summed E-state index contributed by atoms with van der Waals surface area (Å²) in [6, 6.07) is 23.0. The van der Waals surface area contributed by atoms with Gasteiger partial charge in [-0.1, -0.05) is 60.1 Å². The smallest absolute Gasteiger partial charge is 0.238 e. The molecule has 1 aromatic heterocycles. The lowest BCUT2D eigenvalue weighted by Crippen LogP contribution is -2.48. The van der Waals surface area contributed by atoms with E-state index in [4.69, 9.17) is 11.6 Å². The minimum Gasteiger partial charge on any atom is -0.355 e. The summed E-state index contributed by atoms with van der Waals surface area (Å²) in [4.78, 5) is 21.9. The van der Waals surface area contributed by atoms with Crippen molar-refractivity contribution in [2.75, 3.05) is 45.0 Å². The van der Waals surface area contributed by atoms with Gasteiger partial charge < -0.3 is 10.2 Å². The molecule has 2 unspecified atom stereocenters. The molecule has 194 valence electrons. The van der Waals surface area contributed by atoms with Crippen LogP contribution in [0.4, 0.5) is 0 Å². The van der Waals surface area contributed by atoms with Gasteiger partial charge in [0.05, 0.1) is 17.5 Å². The zero-order chi connectivity index (χ0) is 25.5. The highest BCUT2D eigenvalue weighted by Gasteiger charge is 2.30. The third kappa shape index (κ3) is 6.92. The maximum Gasteiger partial charge on any atom is 0.238 e. The van der Waals surface area contributed by atoms with Gasteiger partial charge in [0.2, 0.25) is 5.91 Å². The van der Waals surface area contributed by atoms with E-state index < -0.39 is 0 Å². The van der Waals surface area contributed by atoms with Gasteiger partial charge in [0.25, 0.3) is 0 Å². The monoisotopic (exact) mass is 535 g/mol. The second kappa shape index (κ2) is 12.9. The molecule has 2 N–H and O–H groups in total. The molecule has 2 fully saturated rings. The molecule has 2 aliphatic heterocycles. The second-order valence-electron chi connectivity index (χ2n) is 9.61. The Kier molecular flexibility index (Phi) is 9.13. The summed E-state index contributed by atoms with van der Waals surface area (Å²) in [6.45, 7) is 5.77. The van der Waals surface area contributed by atoms with Crippen LogP contribution in [0.2, 0.25) is 5.02 Å². The summed E-state index contributed by atoms with van der Waals surface area (Å²) >= 11 is 7.92. The standard InChI is InChI=1S/C29H34ClN5OS/c30-25-11-9-23(10-12-25)27(22-6-2-1-3-7-22)35-18-16-34(17-19-35)15-5-14-32-28(36)26-21-37-29(33-26)24-8-4-13-31-20-24/h1-4,6-13,20,26-27,29,33H,5,14-19,21H2,(H,32,36)/t26-,27?,29?/m0/s1. The largest absolute Gasteiger partial charge is 0.355 e. The van der Waals surface area contributed by atoms with E-state index in [0.717, 1.165) is 55.5 Å². The van der Waals surface area contributed by atoms with Crippen molar-refractivity contribution in [3.63, 3.8) is 0 Å². The predicted octanol–water partition coefficient (Wildman–Crippen LogP) is 4.35. The highest BCUT2D eigenvalue weighted by Crippen LogP contribution is 2.32. The lowest BCUT2D eigenvalue weighted by Gasteiger charge is -2.40. The van der Waals surface area contributed by atoms with Crippen molar-refractivity contribution in [3.8, 4) is 0 Å². The van der Waals surface area contributed by atoms with Gasteiger partial charge in [-0.15, -0.1) is 11.8 Å². The Hall–Kier alpha value is -2.42. The van der Waals surface area contributed by atoms with Gasteiger partial charge in [0.15, 0.2) is 0 Å². The molecule has 5 rings (SSSR count). The van der Waals surface area contributed by atoms with E-state index in [2.05, 4.69) is 73.9 Å². The number of hydrogen-bond acceptors (Lipinski definition) is 6. The van der Waals surface area contributed by atoms with Crippen LogP contribution in [-0.4, -0.2) is 71.8 Å². The van der Waals surface area contributed by atoms with E-state index in [1.165, 1.54) is 11.1 Å². The summed E-state index contributed by atoms with van der Waals surface area (Å²) in [6.07, 6.45) is 4.59. The highest BCUT2D eigenvalue weighted by molar-refractivity contribution is 7.99. The van der Waals surface area contributed by atoms with Crippen molar-refractivity contribution < 1.29 is 4.79 Å². The lowest BCUT2D eigenvalue weighted by atomic mass is 9.96. The molecular weight excluding hydrogens is 502 g/mol. The molecule has 0 spiro atoms. The van der Waals surface area contributed by atoms with E-state index >= 15 is 0 Å². The van der Waals surface area contributed by atoms with Crippen LogP contribution in [0.3, 0.4) is 0 Å². The number of carbonyl (C=O) groups is 1. The maximum absolute atomic E-state index is 12.7. The number of piperazine rings is 1. The number of benzene rings is 2. The number of nitrogens with zero attached hydrogens (tertiary/aromatic N) is 3. The van der Waals surface area contributed by atoms with Crippen molar-refractivity contribution in [1.29, 1.82) is 0 Å². The van der Waals surface area contributed by atoms with Crippen LogP contribution in [0.1, 0.15) is 34.5 Å². The fourth-order valence-electron chi connectivity index (χ4n) is 5.12. The molecule has 2 aromatic carbocycles. The number of amides is 1.